The summed E-state index contributed by atoms with van der Waals surface area (Å²) in [4.78, 5) is 28.1. The van der Waals surface area contributed by atoms with Crippen LogP contribution < -0.4 is 10.6 Å². The zero-order valence-electron chi connectivity index (χ0n) is 19.1. The van der Waals surface area contributed by atoms with Gasteiger partial charge in [0.1, 0.15) is 5.82 Å². The molecule has 0 spiro atoms. The summed E-state index contributed by atoms with van der Waals surface area (Å²) < 4.78 is 2.46. The summed E-state index contributed by atoms with van der Waals surface area (Å²) in [5.41, 5.74) is 2.53. The topological polar surface area (TPSA) is 96.2 Å². The minimum atomic E-state index is -0.916. The van der Waals surface area contributed by atoms with E-state index in [0.717, 1.165) is 42.3 Å². The van der Waals surface area contributed by atoms with Crippen molar-refractivity contribution in [3.8, 4) is 0 Å². The maximum absolute atomic E-state index is 12.5. The van der Waals surface area contributed by atoms with E-state index in [0.29, 0.717) is 11.6 Å². The van der Waals surface area contributed by atoms with Gasteiger partial charge in [0, 0.05) is 24.6 Å². The Labute approximate surface area is 216 Å². The molecule has 2 heterocycles. The summed E-state index contributed by atoms with van der Waals surface area (Å²) in [6, 6.07) is 6.23. The minimum Gasteiger partial charge on any atom is -0.481 e. The van der Waals surface area contributed by atoms with Crippen LogP contribution in [-0.4, -0.2) is 46.2 Å². The van der Waals surface area contributed by atoms with Crippen LogP contribution in [0.1, 0.15) is 80.0 Å². The van der Waals surface area contributed by atoms with Gasteiger partial charge in [0.2, 0.25) is 0 Å². The van der Waals surface area contributed by atoms with Gasteiger partial charge in [-0.25, -0.2) is 4.98 Å². The summed E-state index contributed by atoms with van der Waals surface area (Å²) in [7, 11) is 0. The summed E-state index contributed by atoms with van der Waals surface area (Å²) in [5.74, 6) is 0.757. The quantitative estimate of drug-likeness (QED) is 0.411. The SMILES string of the molecule is Br.Br.O=C(O)CCNC(=O)c1ccc2c(c1)nc(CCC1CCNCC1)n2C1CCCCC1. The number of rotatable bonds is 8. The molecule has 1 aliphatic carbocycles. The second-order valence-corrected chi connectivity index (χ2v) is 9.03. The van der Waals surface area contributed by atoms with Crippen molar-refractivity contribution in [2.45, 2.75) is 70.3 Å². The highest BCUT2D eigenvalue weighted by Crippen LogP contribution is 2.33. The molecule has 0 radical (unpaired) electrons. The van der Waals surface area contributed by atoms with E-state index >= 15 is 0 Å². The van der Waals surface area contributed by atoms with Gasteiger partial charge in [0.25, 0.3) is 5.91 Å². The minimum absolute atomic E-state index is 0. The Morgan fingerprint density at radius 3 is 2.52 bits per heavy atom. The molecule has 3 N–H and O–H groups in total. The van der Waals surface area contributed by atoms with Crippen molar-refractivity contribution < 1.29 is 14.7 Å². The van der Waals surface area contributed by atoms with E-state index in [1.54, 1.807) is 0 Å². The second kappa shape index (κ2) is 13.4. The summed E-state index contributed by atoms with van der Waals surface area (Å²) in [6.45, 7) is 2.36. The summed E-state index contributed by atoms with van der Waals surface area (Å²) >= 11 is 0. The van der Waals surface area contributed by atoms with Crippen molar-refractivity contribution in [3.05, 3.63) is 29.6 Å². The fraction of sp³-hybridized carbons (Fsp3) is 0.625. The number of fused-ring (bicyclic) bond motifs is 1. The number of hydrogen-bond donors (Lipinski definition) is 3. The fourth-order valence-corrected chi connectivity index (χ4v) is 5.10. The maximum Gasteiger partial charge on any atom is 0.305 e. The number of aliphatic carboxylic acids is 1. The molecular formula is C24H36Br2N4O3. The highest BCUT2D eigenvalue weighted by molar-refractivity contribution is 8.93. The van der Waals surface area contributed by atoms with Crippen molar-refractivity contribution in [2.24, 2.45) is 5.92 Å². The van der Waals surface area contributed by atoms with Crippen LogP contribution in [0.5, 0.6) is 0 Å². The number of aryl methyl sites for hydroxylation is 1. The van der Waals surface area contributed by atoms with Gasteiger partial charge in [-0.15, -0.1) is 34.0 Å². The second-order valence-electron chi connectivity index (χ2n) is 9.03. The molecule has 1 aromatic carbocycles. The highest BCUT2D eigenvalue weighted by Gasteiger charge is 2.23. The number of carbonyl (C=O) groups is 2. The zero-order valence-corrected chi connectivity index (χ0v) is 22.5. The Kier molecular flexibility index (Phi) is 11.3. The molecule has 9 heteroatoms. The lowest BCUT2D eigenvalue weighted by Gasteiger charge is -2.27. The number of nitrogens with zero attached hydrogens (tertiary/aromatic N) is 2. The number of benzene rings is 1. The Balaban J connectivity index is 0.00000193. The Morgan fingerprint density at radius 2 is 1.82 bits per heavy atom. The smallest absolute Gasteiger partial charge is 0.305 e. The molecule has 1 saturated heterocycles. The lowest BCUT2D eigenvalue weighted by molar-refractivity contribution is -0.136. The molecule has 1 amide bonds. The van der Waals surface area contributed by atoms with Crippen LogP contribution in [0.15, 0.2) is 18.2 Å². The van der Waals surface area contributed by atoms with Gasteiger partial charge >= 0.3 is 5.97 Å². The number of piperidine rings is 1. The third-order valence-electron chi connectivity index (χ3n) is 6.82. The van der Waals surface area contributed by atoms with Gasteiger partial charge in [-0.1, -0.05) is 19.3 Å². The van der Waals surface area contributed by atoms with Crippen LogP contribution >= 0.6 is 34.0 Å². The normalized spacial score (nSPS) is 17.2. The van der Waals surface area contributed by atoms with E-state index in [9.17, 15) is 9.59 Å². The molecule has 184 valence electrons. The lowest BCUT2D eigenvalue weighted by atomic mass is 9.92. The van der Waals surface area contributed by atoms with Crippen LogP contribution in [-0.2, 0) is 11.2 Å². The van der Waals surface area contributed by atoms with Crippen LogP contribution in [0.25, 0.3) is 11.0 Å². The van der Waals surface area contributed by atoms with Crippen molar-refractivity contribution in [2.75, 3.05) is 19.6 Å². The molecule has 2 aromatic rings. The van der Waals surface area contributed by atoms with Crippen LogP contribution in [0.2, 0.25) is 0 Å². The van der Waals surface area contributed by atoms with Crippen LogP contribution in [0, 0.1) is 5.92 Å². The third kappa shape index (κ3) is 7.26. The molecule has 2 fully saturated rings. The Hall–Kier alpha value is -1.45. The zero-order chi connectivity index (χ0) is 21.6. The molecular weight excluding hydrogens is 552 g/mol. The largest absolute Gasteiger partial charge is 0.481 e. The van der Waals surface area contributed by atoms with Gasteiger partial charge in [-0.3, -0.25) is 9.59 Å². The molecule has 1 aromatic heterocycles. The standard InChI is InChI=1S/C24H34N4O3.2BrH/c29-23(30)12-15-26-24(31)18-7-8-21-20(16-18)27-22(9-6-17-10-13-25-14-11-17)28(21)19-4-2-1-3-5-19;;/h7-8,16-17,19,25H,1-6,9-15H2,(H,26,31)(H,29,30);2*1H. The number of amides is 1. The predicted molar refractivity (Wildman–Crippen MR) is 141 cm³/mol. The molecule has 0 unspecified atom stereocenters. The molecule has 1 saturated carbocycles. The van der Waals surface area contributed by atoms with Gasteiger partial charge in [-0.2, -0.15) is 0 Å². The first-order chi connectivity index (χ1) is 15.1. The Bertz CT molecular complexity index is 922. The number of carboxylic acid groups (broad SMARTS) is 1. The molecule has 33 heavy (non-hydrogen) atoms. The van der Waals surface area contributed by atoms with Gasteiger partial charge in [0.05, 0.1) is 17.5 Å². The van der Waals surface area contributed by atoms with E-state index in [1.807, 2.05) is 18.2 Å². The van der Waals surface area contributed by atoms with E-state index in [4.69, 9.17) is 10.1 Å². The van der Waals surface area contributed by atoms with E-state index < -0.39 is 5.97 Å². The maximum atomic E-state index is 12.5. The molecule has 1 aliphatic heterocycles. The van der Waals surface area contributed by atoms with Gasteiger partial charge < -0.3 is 20.3 Å². The fourth-order valence-electron chi connectivity index (χ4n) is 5.10. The number of aromatic nitrogens is 2. The lowest BCUT2D eigenvalue weighted by Crippen LogP contribution is -2.28. The first-order valence-electron chi connectivity index (χ1n) is 11.8. The number of carboxylic acids is 1. The number of imidazole rings is 1. The molecule has 7 nitrogen and oxygen atoms in total. The Morgan fingerprint density at radius 1 is 1.09 bits per heavy atom. The molecule has 2 aliphatic rings. The highest BCUT2D eigenvalue weighted by atomic mass is 79.9. The molecule has 4 rings (SSSR count). The van der Waals surface area contributed by atoms with E-state index in [2.05, 4.69) is 15.2 Å². The predicted octanol–water partition coefficient (Wildman–Crippen LogP) is 4.83. The van der Waals surface area contributed by atoms with Gasteiger partial charge in [0.15, 0.2) is 0 Å². The number of nitrogens with one attached hydrogen (secondary N) is 2. The number of halogens is 2. The van der Waals surface area contributed by atoms with Crippen molar-refractivity contribution >= 4 is 56.9 Å². The number of carbonyl (C=O) groups excluding carboxylic acids is 1. The monoisotopic (exact) mass is 586 g/mol. The molecule has 0 bridgehead atoms. The van der Waals surface area contributed by atoms with Crippen molar-refractivity contribution in [1.82, 2.24) is 20.2 Å². The average Bonchev–Trinajstić information content (AvgIpc) is 3.16. The van der Waals surface area contributed by atoms with Crippen LogP contribution in [0.4, 0.5) is 0 Å². The summed E-state index contributed by atoms with van der Waals surface area (Å²) in [6.07, 6.45) is 10.8. The third-order valence-corrected chi connectivity index (χ3v) is 6.82. The molecule has 0 atom stereocenters. The average molecular weight is 588 g/mol. The van der Waals surface area contributed by atoms with E-state index in [-0.39, 0.29) is 52.8 Å². The summed E-state index contributed by atoms with van der Waals surface area (Å²) in [5, 5.41) is 14.9. The van der Waals surface area contributed by atoms with Crippen molar-refractivity contribution in [1.29, 1.82) is 0 Å². The van der Waals surface area contributed by atoms with E-state index in [1.165, 1.54) is 51.4 Å². The number of hydrogen-bond acceptors (Lipinski definition) is 4. The van der Waals surface area contributed by atoms with Gasteiger partial charge in [-0.05, 0) is 69.3 Å². The first kappa shape index (κ1) is 27.8. The van der Waals surface area contributed by atoms with Crippen molar-refractivity contribution in [3.63, 3.8) is 0 Å². The first-order valence-corrected chi connectivity index (χ1v) is 11.8. The van der Waals surface area contributed by atoms with Crippen LogP contribution in [0.3, 0.4) is 0 Å².